The van der Waals surface area contributed by atoms with Crippen LogP contribution in [0.15, 0.2) is 18.2 Å². The van der Waals surface area contributed by atoms with Crippen molar-refractivity contribution < 1.29 is 14.6 Å². The molecule has 0 aliphatic carbocycles. The number of nitrogens with zero attached hydrogens (tertiary/aromatic N) is 1. The van der Waals surface area contributed by atoms with Crippen molar-refractivity contribution in [2.75, 3.05) is 20.2 Å². The van der Waals surface area contributed by atoms with Crippen LogP contribution in [0.2, 0.25) is 0 Å². The average molecular weight is 236 g/mol. The number of likely N-dealkylation sites (tertiary alicyclic amines) is 1. The van der Waals surface area contributed by atoms with Crippen LogP contribution < -0.4 is 10.5 Å². The van der Waals surface area contributed by atoms with E-state index in [4.69, 9.17) is 10.5 Å². The standard InChI is InChI=1S/C12H16N2O3/c1-17-9-2-3-10(11(15)6-9)12(16)14-5-4-8(13)7-14/h2-3,6,8,15H,4-5,7,13H2,1H3/t8-/m1/s1. The van der Waals surface area contributed by atoms with E-state index >= 15 is 0 Å². The molecule has 92 valence electrons. The minimum absolute atomic E-state index is 0.0411. The topological polar surface area (TPSA) is 75.8 Å². The van der Waals surface area contributed by atoms with Crippen molar-refractivity contribution in [3.05, 3.63) is 23.8 Å². The molecular formula is C12H16N2O3. The number of benzene rings is 1. The molecule has 3 N–H and O–H groups in total. The summed E-state index contributed by atoms with van der Waals surface area (Å²) >= 11 is 0. The van der Waals surface area contributed by atoms with Gasteiger partial charge >= 0.3 is 0 Å². The Balaban J connectivity index is 2.19. The first-order valence-corrected chi connectivity index (χ1v) is 5.53. The lowest BCUT2D eigenvalue weighted by Crippen LogP contribution is -2.31. The van der Waals surface area contributed by atoms with E-state index in [1.807, 2.05) is 0 Å². The molecule has 0 spiro atoms. The first kappa shape index (κ1) is 11.7. The zero-order chi connectivity index (χ0) is 12.4. The summed E-state index contributed by atoms with van der Waals surface area (Å²) in [5, 5.41) is 9.76. The Bertz CT molecular complexity index is 434. The van der Waals surface area contributed by atoms with Crippen molar-refractivity contribution in [2.45, 2.75) is 12.5 Å². The van der Waals surface area contributed by atoms with Gasteiger partial charge in [-0.15, -0.1) is 0 Å². The third-order valence-electron chi connectivity index (χ3n) is 2.95. The van der Waals surface area contributed by atoms with Gasteiger partial charge in [-0.25, -0.2) is 0 Å². The molecule has 1 saturated heterocycles. The SMILES string of the molecule is COc1ccc(C(=O)N2CC[C@@H](N)C2)c(O)c1. The monoisotopic (exact) mass is 236 g/mol. The molecule has 0 unspecified atom stereocenters. The Labute approximate surface area is 99.8 Å². The van der Waals surface area contributed by atoms with Crippen molar-refractivity contribution in [1.82, 2.24) is 4.90 Å². The summed E-state index contributed by atoms with van der Waals surface area (Å²) < 4.78 is 4.97. The van der Waals surface area contributed by atoms with Crippen LogP contribution >= 0.6 is 0 Å². The Morgan fingerprint density at radius 2 is 2.35 bits per heavy atom. The first-order chi connectivity index (χ1) is 8.11. The van der Waals surface area contributed by atoms with Gasteiger partial charge < -0.3 is 20.5 Å². The van der Waals surface area contributed by atoms with Crippen LogP contribution in [0.3, 0.4) is 0 Å². The van der Waals surface area contributed by atoms with E-state index in [9.17, 15) is 9.90 Å². The number of phenolic OH excluding ortho intramolecular Hbond substituents is 1. The van der Waals surface area contributed by atoms with E-state index in [-0.39, 0.29) is 17.7 Å². The number of carbonyl (C=O) groups is 1. The molecule has 0 radical (unpaired) electrons. The van der Waals surface area contributed by atoms with Crippen LogP contribution in [0.5, 0.6) is 11.5 Å². The molecule has 1 aromatic rings. The summed E-state index contributed by atoms with van der Waals surface area (Å²) in [5.41, 5.74) is 6.04. The Morgan fingerprint density at radius 3 is 2.88 bits per heavy atom. The number of aromatic hydroxyl groups is 1. The van der Waals surface area contributed by atoms with E-state index in [0.29, 0.717) is 24.4 Å². The predicted molar refractivity (Wildman–Crippen MR) is 63.2 cm³/mol. The lowest BCUT2D eigenvalue weighted by atomic mass is 10.1. The Kier molecular flexibility index (Phi) is 3.19. The van der Waals surface area contributed by atoms with Crippen molar-refractivity contribution in [2.24, 2.45) is 5.73 Å². The van der Waals surface area contributed by atoms with Crippen LogP contribution in [0, 0.1) is 0 Å². The van der Waals surface area contributed by atoms with Gasteiger partial charge in [0.05, 0.1) is 12.7 Å². The van der Waals surface area contributed by atoms with Crippen molar-refractivity contribution in [3.8, 4) is 11.5 Å². The van der Waals surface area contributed by atoms with Crippen molar-refractivity contribution in [3.63, 3.8) is 0 Å². The van der Waals surface area contributed by atoms with Gasteiger partial charge in [-0.2, -0.15) is 0 Å². The highest BCUT2D eigenvalue weighted by atomic mass is 16.5. The number of nitrogens with two attached hydrogens (primary N) is 1. The molecule has 0 saturated carbocycles. The number of rotatable bonds is 2. The zero-order valence-electron chi connectivity index (χ0n) is 9.72. The maximum atomic E-state index is 12.1. The van der Waals surface area contributed by atoms with Gasteiger partial charge in [-0.05, 0) is 18.6 Å². The van der Waals surface area contributed by atoms with E-state index in [1.54, 1.807) is 17.0 Å². The van der Waals surface area contributed by atoms with Gasteiger partial charge in [0.1, 0.15) is 11.5 Å². The molecule has 0 bridgehead atoms. The Hall–Kier alpha value is -1.75. The minimum atomic E-state index is -0.182. The summed E-state index contributed by atoms with van der Waals surface area (Å²) in [6.07, 6.45) is 0.808. The summed E-state index contributed by atoms with van der Waals surface area (Å²) in [7, 11) is 1.51. The molecule has 1 aliphatic rings. The van der Waals surface area contributed by atoms with Crippen LogP contribution in [0.25, 0.3) is 0 Å². The van der Waals surface area contributed by atoms with E-state index in [0.717, 1.165) is 6.42 Å². The fourth-order valence-corrected chi connectivity index (χ4v) is 1.96. The van der Waals surface area contributed by atoms with E-state index in [1.165, 1.54) is 13.2 Å². The smallest absolute Gasteiger partial charge is 0.257 e. The average Bonchev–Trinajstić information content (AvgIpc) is 2.75. The number of phenols is 1. The zero-order valence-corrected chi connectivity index (χ0v) is 9.72. The van der Waals surface area contributed by atoms with E-state index < -0.39 is 0 Å². The van der Waals surface area contributed by atoms with Gasteiger partial charge in [0.2, 0.25) is 0 Å². The molecule has 1 heterocycles. The lowest BCUT2D eigenvalue weighted by molar-refractivity contribution is 0.0788. The van der Waals surface area contributed by atoms with Crippen LogP contribution in [-0.2, 0) is 0 Å². The fourth-order valence-electron chi connectivity index (χ4n) is 1.96. The summed E-state index contributed by atoms with van der Waals surface area (Å²) in [6, 6.07) is 4.70. The van der Waals surface area contributed by atoms with Crippen molar-refractivity contribution in [1.29, 1.82) is 0 Å². The second-order valence-corrected chi connectivity index (χ2v) is 4.18. The first-order valence-electron chi connectivity index (χ1n) is 5.53. The number of hydrogen-bond donors (Lipinski definition) is 2. The molecule has 1 amide bonds. The van der Waals surface area contributed by atoms with Gasteiger partial charge in [-0.1, -0.05) is 0 Å². The molecule has 5 heteroatoms. The van der Waals surface area contributed by atoms with Gasteiger partial charge in [0.25, 0.3) is 5.91 Å². The summed E-state index contributed by atoms with van der Waals surface area (Å²) in [4.78, 5) is 13.7. The number of ether oxygens (including phenoxy) is 1. The molecule has 5 nitrogen and oxygen atoms in total. The highest BCUT2D eigenvalue weighted by Gasteiger charge is 2.26. The van der Waals surface area contributed by atoms with Crippen LogP contribution in [0.1, 0.15) is 16.8 Å². The van der Waals surface area contributed by atoms with Gasteiger partial charge in [0.15, 0.2) is 0 Å². The predicted octanol–water partition coefficient (Wildman–Crippen LogP) is 0.574. The second-order valence-electron chi connectivity index (χ2n) is 4.18. The van der Waals surface area contributed by atoms with Crippen molar-refractivity contribution >= 4 is 5.91 Å². The van der Waals surface area contributed by atoms with E-state index in [2.05, 4.69) is 0 Å². The highest BCUT2D eigenvalue weighted by molar-refractivity contribution is 5.97. The maximum Gasteiger partial charge on any atom is 0.257 e. The normalized spacial score (nSPS) is 19.4. The third kappa shape index (κ3) is 2.34. The fraction of sp³-hybridized carbons (Fsp3) is 0.417. The summed E-state index contributed by atoms with van der Waals surface area (Å²) in [6.45, 7) is 1.19. The largest absolute Gasteiger partial charge is 0.507 e. The van der Waals surface area contributed by atoms with Gasteiger partial charge in [0, 0.05) is 25.2 Å². The molecule has 17 heavy (non-hydrogen) atoms. The number of hydrogen-bond acceptors (Lipinski definition) is 4. The second kappa shape index (κ2) is 4.63. The number of methoxy groups -OCH3 is 1. The van der Waals surface area contributed by atoms with Gasteiger partial charge in [-0.3, -0.25) is 4.79 Å². The molecular weight excluding hydrogens is 220 g/mol. The van der Waals surface area contributed by atoms with Crippen LogP contribution in [0.4, 0.5) is 0 Å². The number of carbonyl (C=O) groups excluding carboxylic acids is 1. The van der Waals surface area contributed by atoms with Crippen LogP contribution in [-0.4, -0.2) is 42.2 Å². The summed E-state index contributed by atoms with van der Waals surface area (Å²) in [5.74, 6) is 0.282. The quantitative estimate of drug-likeness (QED) is 0.787. The number of amides is 1. The molecule has 2 rings (SSSR count). The highest BCUT2D eigenvalue weighted by Crippen LogP contribution is 2.25. The molecule has 1 aliphatic heterocycles. The third-order valence-corrected chi connectivity index (χ3v) is 2.95. The molecule has 1 aromatic carbocycles. The minimum Gasteiger partial charge on any atom is -0.507 e. The Morgan fingerprint density at radius 1 is 1.59 bits per heavy atom. The maximum absolute atomic E-state index is 12.1. The molecule has 1 fully saturated rings. The molecule has 0 aromatic heterocycles. The lowest BCUT2D eigenvalue weighted by Gasteiger charge is -2.16. The molecule has 1 atom stereocenters.